The summed E-state index contributed by atoms with van der Waals surface area (Å²) < 4.78 is 25.7. The Morgan fingerprint density at radius 1 is 1.12 bits per heavy atom. The van der Waals surface area contributed by atoms with E-state index in [1.54, 1.807) is 25.1 Å². The number of carbonyl (C=O) groups is 1. The number of hydrogen-bond acceptors (Lipinski definition) is 3. The summed E-state index contributed by atoms with van der Waals surface area (Å²) in [5, 5.41) is 2.84. The van der Waals surface area contributed by atoms with Crippen LogP contribution in [0.2, 0.25) is 0 Å². The van der Waals surface area contributed by atoms with E-state index in [1.165, 1.54) is 9.87 Å². The van der Waals surface area contributed by atoms with Crippen LogP contribution in [0, 0.1) is 6.92 Å². The summed E-state index contributed by atoms with van der Waals surface area (Å²) in [5.41, 5.74) is 2.65. The summed E-state index contributed by atoms with van der Waals surface area (Å²) >= 11 is 0. The molecule has 0 aromatic heterocycles. The Morgan fingerprint density at radius 2 is 1.81 bits per heavy atom. The molecule has 2 aromatic rings. The fraction of sp³-hybridized carbons (Fsp3) is 0.350. The van der Waals surface area contributed by atoms with E-state index in [2.05, 4.69) is 5.32 Å². The smallest absolute Gasteiger partial charge is 0.243 e. The molecule has 26 heavy (non-hydrogen) atoms. The van der Waals surface area contributed by atoms with Gasteiger partial charge >= 0.3 is 0 Å². The Labute approximate surface area is 156 Å². The largest absolute Gasteiger partial charge is 0.354 e. The fourth-order valence-electron chi connectivity index (χ4n) is 2.87. The summed E-state index contributed by atoms with van der Waals surface area (Å²) in [5.74, 6) is -0.301. The van der Waals surface area contributed by atoms with Gasteiger partial charge in [-0.05, 0) is 49.9 Å². The van der Waals surface area contributed by atoms with Gasteiger partial charge in [-0.3, -0.25) is 9.10 Å². The van der Waals surface area contributed by atoms with E-state index in [0.29, 0.717) is 12.2 Å². The molecule has 2 aromatic carbocycles. The van der Waals surface area contributed by atoms with Crippen LogP contribution in [0.1, 0.15) is 24.5 Å². The molecule has 1 unspecified atom stereocenters. The first kappa shape index (κ1) is 20.0. The molecule has 2 rings (SSSR count). The van der Waals surface area contributed by atoms with Gasteiger partial charge in [-0.2, -0.15) is 0 Å². The minimum absolute atomic E-state index is 0.301. The van der Waals surface area contributed by atoms with Gasteiger partial charge in [0, 0.05) is 6.54 Å². The second-order valence-corrected chi connectivity index (χ2v) is 8.31. The molecule has 0 aliphatic heterocycles. The van der Waals surface area contributed by atoms with Gasteiger partial charge in [0.2, 0.25) is 15.9 Å². The highest BCUT2D eigenvalue weighted by Crippen LogP contribution is 2.21. The lowest BCUT2D eigenvalue weighted by Crippen LogP contribution is -2.48. The van der Waals surface area contributed by atoms with E-state index in [1.807, 2.05) is 43.3 Å². The summed E-state index contributed by atoms with van der Waals surface area (Å²) in [6.45, 7) is 4.00. The molecule has 1 atom stereocenters. The molecular formula is C20H26N2O3S. The Hall–Kier alpha value is -2.34. The number of nitrogens with zero attached hydrogens (tertiary/aromatic N) is 1. The Bertz CT molecular complexity index is 835. The van der Waals surface area contributed by atoms with Gasteiger partial charge in [0.15, 0.2) is 0 Å². The number of rotatable bonds is 8. The predicted octanol–water partition coefficient (Wildman–Crippen LogP) is 2.90. The lowest BCUT2D eigenvalue weighted by molar-refractivity contribution is -0.121. The number of anilines is 1. The SMILES string of the molecule is Cc1cccc(N(C(C)C(=O)NCCCc2ccccc2)S(C)(=O)=O)c1. The third-order valence-electron chi connectivity index (χ3n) is 4.13. The van der Waals surface area contributed by atoms with Crippen LogP contribution in [-0.2, 0) is 21.2 Å². The highest BCUT2D eigenvalue weighted by atomic mass is 32.2. The molecule has 6 heteroatoms. The number of aryl methyl sites for hydroxylation is 2. The molecule has 1 amide bonds. The molecule has 0 aliphatic rings. The molecule has 140 valence electrons. The van der Waals surface area contributed by atoms with Crippen molar-refractivity contribution in [1.29, 1.82) is 0 Å². The topological polar surface area (TPSA) is 66.5 Å². The monoisotopic (exact) mass is 374 g/mol. The minimum Gasteiger partial charge on any atom is -0.354 e. The van der Waals surface area contributed by atoms with Crippen molar-refractivity contribution in [3.8, 4) is 0 Å². The lowest BCUT2D eigenvalue weighted by Gasteiger charge is -2.28. The average molecular weight is 375 g/mol. The standard InChI is InChI=1S/C20H26N2O3S/c1-16-9-7-13-19(15-16)22(26(3,24)25)17(2)20(23)21-14-8-12-18-10-5-4-6-11-18/h4-7,9-11,13,15,17H,8,12,14H2,1-3H3,(H,21,23). The molecule has 0 heterocycles. The van der Waals surface area contributed by atoms with Crippen LogP contribution in [0.25, 0.3) is 0 Å². The van der Waals surface area contributed by atoms with Crippen molar-refractivity contribution in [2.45, 2.75) is 32.7 Å². The molecule has 0 fully saturated rings. The van der Waals surface area contributed by atoms with Crippen molar-refractivity contribution in [3.05, 3.63) is 65.7 Å². The van der Waals surface area contributed by atoms with Gasteiger partial charge in [0.05, 0.1) is 11.9 Å². The maximum Gasteiger partial charge on any atom is 0.243 e. The van der Waals surface area contributed by atoms with Gasteiger partial charge in [-0.25, -0.2) is 8.42 Å². The number of carbonyl (C=O) groups excluding carboxylic acids is 1. The first-order valence-corrected chi connectivity index (χ1v) is 10.5. The second-order valence-electron chi connectivity index (χ2n) is 6.45. The van der Waals surface area contributed by atoms with Crippen molar-refractivity contribution in [1.82, 2.24) is 5.32 Å². The average Bonchev–Trinajstić information content (AvgIpc) is 2.58. The van der Waals surface area contributed by atoms with Crippen molar-refractivity contribution < 1.29 is 13.2 Å². The molecule has 0 aliphatic carbocycles. The van der Waals surface area contributed by atoms with E-state index in [0.717, 1.165) is 24.7 Å². The van der Waals surface area contributed by atoms with Crippen LogP contribution in [0.5, 0.6) is 0 Å². The van der Waals surface area contributed by atoms with E-state index in [4.69, 9.17) is 0 Å². The van der Waals surface area contributed by atoms with Gasteiger partial charge in [-0.1, -0.05) is 42.5 Å². The van der Waals surface area contributed by atoms with Crippen LogP contribution in [-0.4, -0.2) is 33.2 Å². The van der Waals surface area contributed by atoms with Crippen LogP contribution < -0.4 is 9.62 Å². The van der Waals surface area contributed by atoms with E-state index >= 15 is 0 Å². The molecule has 0 spiro atoms. The zero-order valence-corrected chi connectivity index (χ0v) is 16.3. The first-order valence-electron chi connectivity index (χ1n) is 8.67. The molecular weight excluding hydrogens is 348 g/mol. The number of hydrogen-bond donors (Lipinski definition) is 1. The maximum atomic E-state index is 12.5. The number of nitrogens with one attached hydrogen (secondary N) is 1. The summed E-state index contributed by atoms with van der Waals surface area (Å²) in [4.78, 5) is 12.5. The van der Waals surface area contributed by atoms with Crippen LogP contribution >= 0.6 is 0 Å². The first-order chi connectivity index (χ1) is 12.3. The van der Waals surface area contributed by atoms with Gasteiger partial charge in [-0.15, -0.1) is 0 Å². The van der Waals surface area contributed by atoms with Crippen molar-refractivity contribution in [2.75, 3.05) is 17.1 Å². The Balaban J connectivity index is 1.99. The van der Waals surface area contributed by atoms with Crippen LogP contribution in [0.4, 0.5) is 5.69 Å². The number of benzene rings is 2. The molecule has 0 saturated heterocycles. The predicted molar refractivity (Wildman–Crippen MR) is 106 cm³/mol. The lowest BCUT2D eigenvalue weighted by atomic mass is 10.1. The third kappa shape index (κ3) is 5.59. The van der Waals surface area contributed by atoms with Crippen molar-refractivity contribution in [3.63, 3.8) is 0 Å². The highest BCUT2D eigenvalue weighted by Gasteiger charge is 2.28. The number of amides is 1. The number of sulfonamides is 1. The molecule has 0 bridgehead atoms. The Morgan fingerprint density at radius 3 is 2.42 bits per heavy atom. The Kier molecular flexibility index (Phi) is 6.80. The summed E-state index contributed by atoms with van der Waals surface area (Å²) in [7, 11) is -3.58. The van der Waals surface area contributed by atoms with Gasteiger partial charge < -0.3 is 5.32 Å². The van der Waals surface area contributed by atoms with Gasteiger partial charge in [0.25, 0.3) is 0 Å². The minimum atomic E-state index is -3.58. The normalized spacial score (nSPS) is 12.4. The molecule has 5 nitrogen and oxygen atoms in total. The second kappa shape index (κ2) is 8.85. The highest BCUT2D eigenvalue weighted by molar-refractivity contribution is 7.92. The van der Waals surface area contributed by atoms with Crippen molar-refractivity contribution in [2.24, 2.45) is 0 Å². The molecule has 1 N–H and O–H groups in total. The summed E-state index contributed by atoms with van der Waals surface area (Å²) in [6, 6.07) is 16.4. The van der Waals surface area contributed by atoms with E-state index in [9.17, 15) is 13.2 Å². The molecule has 0 saturated carbocycles. The van der Waals surface area contributed by atoms with Crippen LogP contribution in [0.15, 0.2) is 54.6 Å². The quantitative estimate of drug-likeness (QED) is 0.723. The zero-order valence-electron chi connectivity index (χ0n) is 15.5. The van der Waals surface area contributed by atoms with Crippen molar-refractivity contribution >= 4 is 21.6 Å². The summed E-state index contributed by atoms with van der Waals surface area (Å²) in [6.07, 6.45) is 2.78. The van der Waals surface area contributed by atoms with Gasteiger partial charge in [0.1, 0.15) is 6.04 Å². The van der Waals surface area contributed by atoms with E-state index < -0.39 is 16.1 Å². The maximum absolute atomic E-state index is 12.5. The van der Waals surface area contributed by atoms with E-state index in [-0.39, 0.29) is 5.91 Å². The third-order valence-corrected chi connectivity index (χ3v) is 5.37. The fourth-order valence-corrected chi connectivity index (χ4v) is 4.04. The zero-order chi connectivity index (χ0) is 19.2. The molecule has 0 radical (unpaired) electrons. The van der Waals surface area contributed by atoms with Crippen LogP contribution in [0.3, 0.4) is 0 Å².